The lowest BCUT2D eigenvalue weighted by molar-refractivity contribution is 0.411. The summed E-state index contributed by atoms with van der Waals surface area (Å²) in [6.07, 6.45) is 4.62. The smallest absolute Gasteiger partial charge is 0.0697 e. The zero-order chi connectivity index (χ0) is 11.6. The average Bonchev–Trinajstić information content (AvgIpc) is 2.69. The summed E-state index contributed by atoms with van der Waals surface area (Å²) in [4.78, 5) is 0. The van der Waals surface area contributed by atoms with Crippen molar-refractivity contribution in [2.45, 2.75) is 27.2 Å². The van der Waals surface area contributed by atoms with Gasteiger partial charge >= 0.3 is 0 Å². The molecule has 84 valence electrons. The third-order valence-corrected chi connectivity index (χ3v) is 2.36. The Bertz CT molecular complexity index is 435. The molecule has 0 unspecified atom stereocenters. The predicted octanol–water partition coefficient (Wildman–Crippen LogP) is 2.86. The van der Waals surface area contributed by atoms with Crippen LogP contribution in [-0.4, -0.2) is 15.0 Å². The van der Waals surface area contributed by atoms with Crippen LogP contribution in [0.2, 0.25) is 0 Å². The van der Waals surface area contributed by atoms with Gasteiger partial charge in [0, 0.05) is 0 Å². The van der Waals surface area contributed by atoms with E-state index in [-0.39, 0.29) is 0 Å². The largest absolute Gasteiger partial charge is 0.221 e. The highest BCUT2D eigenvalue weighted by atomic mass is 15.4. The zero-order valence-electron chi connectivity index (χ0n) is 10.0. The molecule has 0 fully saturated rings. The summed E-state index contributed by atoms with van der Waals surface area (Å²) in [5.41, 5.74) is 2.74. The molecule has 1 aromatic carbocycles. The van der Waals surface area contributed by atoms with E-state index < -0.39 is 0 Å². The molecule has 2 rings (SSSR count). The second-order valence-electron chi connectivity index (χ2n) is 5.25. The monoisotopic (exact) mass is 215 g/mol. The minimum absolute atomic E-state index is 0.328. The molecule has 1 heterocycles. The molecule has 3 nitrogen and oxygen atoms in total. The van der Waals surface area contributed by atoms with Gasteiger partial charge in [-0.05, 0) is 29.5 Å². The molecule has 0 aliphatic rings. The molecule has 0 radical (unpaired) electrons. The number of hydrogen-bond donors (Lipinski definition) is 0. The van der Waals surface area contributed by atoms with Gasteiger partial charge in [-0.3, -0.25) is 0 Å². The van der Waals surface area contributed by atoms with Gasteiger partial charge in [-0.15, -0.1) is 5.10 Å². The lowest BCUT2D eigenvalue weighted by atomic mass is 9.88. The molecule has 0 N–H and O–H groups in total. The first kappa shape index (κ1) is 10.9. The van der Waals surface area contributed by atoms with Gasteiger partial charge in [-0.2, -0.15) is 0 Å². The van der Waals surface area contributed by atoms with Crippen molar-refractivity contribution >= 4 is 0 Å². The Hall–Kier alpha value is -1.64. The Labute approximate surface area is 96.1 Å². The van der Waals surface area contributed by atoms with Gasteiger partial charge in [-0.1, -0.05) is 38.1 Å². The summed E-state index contributed by atoms with van der Waals surface area (Å²) in [5, 5.41) is 7.75. The molecule has 0 bridgehead atoms. The Kier molecular flexibility index (Phi) is 2.77. The van der Waals surface area contributed by atoms with Crippen LogP contribution >= 0.6 is 0 Å². The van der Waals surface area contributed by atoms with Gasteiger partial charge < -0.3 is 0 Å². The van der Waals surface area contributed by atoms with E-state index in [1.54, 1.807) is 10.9 Å². The zero-order valence-corrected chi connectivity index (χ0v) is 10.0. The molecule has 0 amide bonds. The Morgan fingerprint density at radius 2 is 1.81 bits per heavy atom. The Morgan fingerprint density at radius 1 is 1.12 bits per heavy atom. The molecular weight excluding hydrogens is 198 g/mol. The molecule has 0 aliphatic heterocycles. The van der Waals surface area contributed by atoms with Crippen LogP contribution in [0.3, 0.4) is 0 Å². The van der Waals surface area contributed by atoms with E-state index in [0.29, 0.717) is 5.41 Å². The van der Waals surface area contributed by atoms with Gasteiger partial charge in [0.1, 0.15) is 0 Å². The number of nitrogens with zero attached hydrogens (tertiary/aromatic N) is 3. The molecule has 16 heavy (non-hydrogen) atoms. The van der Waals surface area contributed by atoms with Crippen molar-refractivity contribution in [1.82, 2.24) is 15.0 Å². The number of benzene rings is 1. The summed E-state index contributed by atoms with van der Waals surface area (Å²) >= 11 is 0. The molecular formula is C13H17N3. The van der Waals surface area contributed by atoms with Crippen molar-refractivity contribution in [3.63, 3.8) is 0 Å². The fourth-order valence-corrected chi connectivity index (χ4v) is 1.72. The van der Waals surface area contributed by atoms with E-state index in [0.717, 1.165) is 12.1 Å². The molecule has 0 saturated heterocycles. The van der Waals surface area contributed by atoms with E-state index in [1.165, 1.54) is 5.56 Å². The highest BCUT2D eigenvalue weighted by molar-refractivity contribution is 5.33. The van der Waals surface area contributed by atoms with Gasteiger partial charge in [0.25, 0.3) is 0 Å². The van der Waals surface area contributed by atoms with Crippen LogP contribution in [0.15, 0.2) is 36.7 Å². The summed E-state index contributed by atoms with van der Waals surface area (Å²) in [5.74, 6) is 0. The summed E-state index contributed by atoms with van der Waals surface area (Å²) < 4.78 is 1.76. The van der Waals surface area contributed by atoms with Crippen molar-refractivity contribution in [3.05, 3.63) is 42.2 Å². The molecule has 3 heteroatoms. The van der Waals surface area contributed by atoms with Crippen LogP contribution in [0, 0.1) is 5.41 Å². The summed E-state index contributed by atoms with van der Waals surface area (Å²) in [7, 11) is 0. The van der Waals surface area contributed by atoms with Gasteiger partial charge in [0.05, 0.1) is 18.1 Å². The maximum Gasteiger partial charge on any atom is 0.0697 e. The van der Waals surface area contributed by atoms with Crippen molar-refractivity contribution < 1.29 is 0 Å². The van der Waals surface area contributed by atoms with Crippen molar-refractivity contribution in [2.75, 3.05) is 0 Å². The minimum atomic E-state index is 0.328. The van der Waals surface area contributed by atoms with Crippen LogP contribution < -0.4 is 0 Å². The maximum absolute atomic E-state index is 3.96. The van der Waals surface area contributed by atoms with E-state index >= 15 is 0 Å². The molecule has 0 saturated carbocycles. The third kappa shape index (κ3) is 2.69. The molecule has 0 aliphatic carbocycles. The summed E-state index contributed by atoms with van der Waals surface area (Å²) in [6.45, 7) is 6.75. The molecule has 0 atom stereocenters. The lowest BCUT2D eigenvalue weighted by Gasteiger charge is -2.18. The first-order valence-corrected chi connectivity index (χ1v) is 5.50. The van der Waals surface area contributed by atoms with Crippen LogP contribution in [0.1, 0.15) is 26.3 Å². The van der Waals surface area contributed by atoms with Crippen LogP contribution in [0.25, 0.3) is 5.69 Å². The number of aromatic nitrogens is 3. The van der Waals surface area contributed by atoms with Crippen LogP contribution in [0.5, 0.6) is 0 Å². The predicted molar refractivity (Wildman–Crippen MR) is 64.5 cm³/mol. The number of hydrogen-bond acceptors (Lipinski definition) is 2. The van der Waals surface area contributed by atoms with Crippen LogP contribution in [0.4, 0.5) is 0 Å². The fraction of sp³-hybridized carbons (Fsp3) is 0.385. The van der Waals surface area contributed by atoms with Crippen molar-refractivity contribution in [3.8, 4) is 5.69 Å². The highest BCUT2D eigenvalue weighted by Crippen LogP contribution is 2.21. The maximum atomic E-state index is 3.96. The fourth-order valence-electron chi connectivity index (χ4n) is 1.72. The summed E-state index contributed by atoms with van der Waals surface area (Å²) in [6, 6.07) is 8.47. The minimum Gasteiger partial charge on any atom is -0.221 e. The van der Waals surface area contributed by atoms with E-state index in [4.69, 9.17) is 0 Å². The topological polar surface area (TPSA) is 30.7 Å². The van der Waals surface area contributed by atoms with Gasteiger partial charge in [0.2, 0.25) is 0 Å². The first-order chi connectivity index (χ1) is 7.54. The standard InChI is InChI=1S/C13H17N3/c1-13(2,3)10-11-4-6-12(7-5-11)16-9-8-14-15-16/h4-9H,10H2,1-3H3. The first-order valence-electron chi connectivity index (χ1n) is 5.50. The lowest BCUT2D eigenvalue weighted by Crippen LogP contribution is -2.09. The van der Waals surface area contributed by atoms with E-state index in [1.807, 2.05) is 6.20 Å². The molecule has 1 aromatic heterocycles. The second-order valence-corrected chi connectivity index (χ2v) is 5.25. The normalized spacial score (nSPS) is 11.7. The quantitative estimate of drug-likeness (QED) is 0.771. The third-order valence-electron chi connectivity index (χ3n) is 2.36. The van der Waals surface area contributed by atoms with Gasteiger partial charge in [0.15, 0.2) is 0 Å². The molecule has 2 aromatic rings. The Balaban J connectivity index is 2.17. The average molecular weight is 215 g/mol. The highest BCUT2D eigenvalue weighted by Gasteiger charge is 2.10. The van der Waals surface area contributed by atoms with Crippen molar-refractivity contribution in [2.24, 2.45) is 5.41 Å². The SMILES string of the molecule is CC(C)(C)Cc1ccc(-n2ccnn2)cc1. The molecule has 0 spiro atoms. The van der Waals surface area contributed by atoms with Gasteiger partial charge in [-0.25, -0.2) is 4.68 Å². The van der Waals surface area contributed by atoms with E-state index in [2.05, 4.69) is 55.3 Å². The second kappa shape index (κ2) is 4.08. The number of rotatable bonds is 2. The van der Waals surface area contributed by atoms with Crippen molar-refractivity contribution in [1.29, 1.82) is 0 Å². The van der Waals surface area contributed by atoms with Crippen LogP contribution in [-0.2, 0) is 6.42 Å². The van der Waals surface area contributed by atoms with E-state index in [9.17, 15) is 0 Å². The Morgan fingerprint density at radius 3 is 2.31 bits per heavy atom.